The zero-order valence-electron chi connectivity index (χ0n) is 6.26. The number of thiol groups is 1. The number of hydrogen-bond donors (Lipinski definition) is 1. The molecule has 0 heterocycles. The first-order valence-electron chi connectivity index (χ1n) is 2.99. The summed E-state index contributed by atoms with van der Waals surface area (Å²) in [5.41, 5.74) is 1.13. The van der Waals surface area contributed by atoms with Crippen LogP contribution in [0.25, 0.3) is 0 Å². The molecule has 0 radical (unpaired) electrons. The Kier molecular flexibility index (Phi) is 4.58. The number of nitrogens with zero attached hydrogens (tertiary/aromatic N) is 2. The average molecular weight is 146 g/mol. The van der Waals surface area contributed by atoms with E-state index in [1.54, 1.807) is 5.01 Å². The third-order valence-corrected chi connectivity index (χ3v) is 1.07. The minimum absolute atomic E-state index is 0.878. The molecule has 0 spiro atoms. The predicted octanol–water partition coefficient (Wildman–Crippen LogP) is 1.24. The van der Waals surface area contributed by atoms with Crippen LogP contribution in [0.4, 0.5) is 0 Å². The zero-order chi connectivity index (χ0) is 7.28. The molecule has 0 saturated carbocycles. The van der Waals surface area contributed by atoms with E-state index in [0.717, 1.165) is 17.9 Å². The highest BCUT2D eigenvalue weighted by molar-refractivity contribution is 7.80. The summed E-state index contributed by atoms with van der Waals surface area (Å²) in [6, 6.07) is 0. The van der Waals surface area contributed by atoms with Crippen LogP contribution in [0.2, 0.25) is 0 Å². The second-order valence-electron chi connectivity index (χ2n) is 2.16. The van der Waals surface area contributed by atoms with E-state index in [1.807, 2.05) is 21.0 Å². The van der Waals surface area contributed by atoms with Crippen molar-refractivity contribution in [3.8, 4) is 0 Å². The van der Waals surface area contributed by atoms with Crippen LogP contribution in [0, 0.1) is 0 Å². The van der Waals surface area contributed by atoms with Gasteiger partial charge in [-0.15, -0.1) is 0 Å². The molecule has 0 saturated heterocycles. The summed E-state index contributed by atoms with van der Waals surface area (Å²) in [7, 11) is 3.84. The lowest BCUT2D eigenvalue weighted by Gasteiger charge is -2.05. The Labute approximate surface area is 62.3 Å². The monoisotopic (exact) mass is 146 g/mol. The van der Waals surface area contributed by atoms with Crippen molar-refractivity contribution in [2.75, 3.05) is 19.8 Å². The molecular formula is C6H14N2S. The lowest BCUT2D eigenvalue weighted by atomic mass is 10.3. The van der Waals surface area contributed by atoms with Crippen molar-refractivity contribution in [3.05, 3.63) is 0 Å². The van der Waals surface area contributed by atoms with Crippen molar-refractivity contribution in [3.63, 3.8) is 0 Å². The minimum Gasteiger partial charge on any atom is -0.303 e. The van der Waals surface area contributed by atoms with Crippen LogP contribution in [0.15, 0.2) is 5.10 Å². The van der Waals surface area contributed by atoms with E-state index < -0.39 is 0 Å². The Balaban J connectivity index is 3.55. The first kappa shape index (κ1) is 8.82. The highest BCUT2D eigenvalue weighted by Crippen LogP contribution is 1.89. The third kappa shape index (κ3) is 5.69. The molecule has 0 aliphatic heterocycles. The van der Waals surface area contributed by atoms with Crippen LogP contribution >= 0.6 is 12.6 Å². The maximum absolute atomic E-state index is 4.17. The highest BCUT2D eigenvalue weighted by atomic mass is 32.1. The molecule has 0 fully saturated rings. The Morgan fingerprint density at radius 3 is 2.44 bits per heavy atom. The fraction of sp³-hybridized carbons (Fsp3) is 0.833. The van der Waals surface area contributed by atoms with Crippen molar-refractivity contribution in [1.82, 2.24) is 5.01 Å². The van der Waals surface area contributed by atoms with E-state index in [4.69, 9.17) is 0 Å². The van der Waals surface area contributed by atoms with Gasteiger partial charge < -0.3 is 5.01 Å². The maximum Gasteiger partial charge on any atom is 0.0357 e. The van der Waals surface area contributed by atoms with Crippen molar-refractivity contribution in [2.24, 2.45) is 5.10 Å². The van der Waals surface area contributed by atoms with Crippen LogP contribution in [-0.4, -0.2) is 30.6 Å². The number of hydrogen-bond acceptors (Lipinski definition) is 3. The van der Waals surface area contributed by atoms with Gasteiger partial charge in [0.05, 0.1) is 0 Å². The van der Waals surface area contributed by atoms with Gasteiger partial charge in [0.1, 0.15) is 0 Å². The van der Waals surface area contributed by atoms with Crippen molar-refractivity contribution in [2.45, 2.75) is 13.3 Å². The van der Waals surface area contributed by atoms with Crippen LogP contribution < -0.4 is 0 Å². The number of rotatable bonds is 3. The number of hydrazone groups is 1. The van der Waals surface area contributed by atoms with Gasteiger partial charge in [0.2, 0.25) is 0 Å². The van der Waals surface area contributed by atoms with Crippen molar-refractivity contribution >= 4 is 18.3 Å². The molecule has 0 bridgehead atoms. The standard InChI is InChI=1S/C6H14N2S/c1-6(4-5-9)7-8(2)3/h9H,4-5H2,1-3H3/b7-6+. The zero-order valence-corrected chi connectivity index (χ0v) is 7.15. The molecule has 0 N–H and O–H groups in total. The lowest BCUT2D eigenvalue weighted by molar-refractivity contribution is 0.436. The molecule has 9 heavy (non-hydrogen) atoms. The molecule has 0 aromatic rings. The normalized spacial score (nSPS) is 11.8. The Morgan fingerprint density at radius 1 is 1.56 bits per heavy atom. The first-order chi connectivity index (χ1) is 4.16. The SMILES string of the molecule is C/C(CCS)=N\N(C)C. The van der Waals surface area contributed by atoms with Gasteiger partial charge in [-0.2, -0.15) is 17.7 Å². The molecule has 0 atom stereocenters. The van der Waals surface area contributed by atoms with E-state index in [2.05, 4.69) is 17.7 Å². The molecule has 0 aliphatic carbocycles. The molecule has 2 nitrogen and oxygen atoms in total. The average Bonchev–Trinajstić information content (AvgIpc) is 1.63. The first-order valence-corrected chi connectivity index (χ1v) is 3.62. The fourth-order valence-corrected chi connectivity index (χ4v) is 0.877. The summed E-state index contributed by atoms with van der Waals surface area (Å²) >= 11 is 4.08. The maximum atomic E-state index is 4.17. The minimum atomic E-state index is 0.878. The van der Waals surface area contributed by atoms with Gasteiger partial charge in [0.15, 0.2) is 0 Å². The van der Waals surface area contributed by atoms with E-state index in [1.165, 1.54) is 0 Å². The van der Waals surface area contributed by atoms with Gasteiger partial charge in [0, 0.05) is 19.8 Å². The van der Waals surface area contributed by atoms with Gasteiger partial charge in [-0.05, 0) is 19.1 Å². The molecule has 0 aromatic carbocycles. The summed E-state index contributed by atoms with van der Waals surface area (Å²) in [4.78, 5) is 0. The molecule has 0 amide bonds. The highest BCUT2D eigenvalue weighted by Gasteiger charge is 1.87. The fourth-order valence-electron chi connectivity index (χ4n) is 0.553. The Bertz CT molecular complexity index is 99.2. The van der Waals surface area contributed by atoms with Gasteiger partial charge in [-0.25, -0.2) is 0 Å². The second kappa shape index (κ2) is 4.68. The quantitative estimate of drug-likeness (QED) is 0.360. The predicted molar refractivity (Wildman–Crippen MR) is 45.3 cm³/mol. The summed E-state index contributed by atoms with van der Waals surface area (Å²) in [6.45, 7) is 2.01. The van der Waals surface area contributed by atoms with Gasteiger partial charge in [0.25, 0.3) is 0 Å². The van der Waals surface area contributed by atoms with Gasteiger partial charge >= 0.3 is 0 Å². The molecule has 0 unspecified atom stereocenters. The summed E-state index contributed by atoms with van der Waals surface area (Å²) in [5, 5.41) is 5.97. The van der Waals surface area contributed by atoms with Crippen LogP contribution in [0.1, 0.15) is 13.3 Å². The molecule has 54 valence electrons. The second-order valence-corrected chi connectivity index (χ2v) is 2.60. The molecule has 0 aliphatic rings. The molecular weight excluding hydrogens is 132 g/mol. The van der Waals surface area contributed by atoms with Gasteiger partial charge in [-0.1, -0.05) is 0 Å². The van der Waals surface area contributed by atoms with Crippen LogP contribution in [0.5, 0.6) is 0 Å². The molecule has 0 aromatic heterocycles. The lowest BCUT2D eigenvalue weighted by Crippen LogP contribution is -2.06. The van der Waals surface area contributed by atoms with Crippen molar-refractivity contribution < 1.29 is 0 Å². The Morgan fingerprint density at radius 2 is 2.11 bits per heavy atom. The van der Waals surface area contributed by atoms with Gasteiger partial charge in [-0.3, -0.25) is 0 Å². The van der Waals surface area contributed by atoms with Crippen molar-refractivity contribution in [1.29, 1.82) is 0 Å². The summed E-state index contributed by atoms with van der Waals surface area (Å²) < 4.78 is 0. The topological polar surface area (TPSA) is 15.6 Å². The van der Waals surface area contributed by atoms with Crippen LogP contribution in [0.3, 0.4) is 0 Å². The smallest absolute Gasteiger partial charge is 0.0357 e. The Hall–Kier alpha value is -0.180. The molecule has 3 heteroatoms. The summed E-state index contributed by atoms with van der Waals surface area (Å²) in [6.07, 6.45) is 0.974. The van der Waals surface area contributed by atoms with Crippen LogP contribution in [-0.2, 0) is 0 Å². The third-order valence-electron chi connectivity index (χ3n) is 0.844. The summed E-state index contributed by atoms with van der Waals surface area (Å²) in [5.74, 6) is 0.878. The van der Waals surface area contributed by atoms with E-state index in [-0.39, 0.29) is 0 Å². The largest absolute Gasteiger partial charge is 0.303 e. The van der Waals surface area contributed by atoms with E-state index in [9.17, 15) is 0 Å². The van der Waals surface area contributed by atoms with E-state index >= 15 is 0 Å². The van der Waals surface area contributed by atoms with E-state index in [0.29, 0.717) is 0 Å². The molecule has 0 rings (SSSR count).